The predicted octanol–water partition coefficient (Wildman–Crippen LogP) is 2.90. The molecule has 4 rings (SSSR count). The molecule has 0 aliphatic heterocycles. The summed E-state index contributed by atoms with van der Waals surface area (Å²) in [6.45, 7) is 11.3. The molecule has 2 amide bonds. The maximum absolute atomic E-state index is 12.7. The van der Waals surface area contributed by atoms with Crippen LogP contribution in [0.5, 0.6) is 0 Å². The Morgan fingerprint density at radius 2 is 1.49 bits per heavy atom. The quantitative estimate of drug-likeness (QED) is 0.391. The number of nitrogens with zero attached hydrogens (tertiary/aromatic N) is 3. The topological polar surface area (TPSA) is 139 Å². The molecule has 1 atom stereocenters. The minimum atomic E-state index is -0.819. The van der Waals surface area contributed by atoms with Gasteiger partial charge in [-0.2, -0.15) is 5.21 Å². The summed E-state index contributed by atoms with van der Waals surface area (Å²) in [4.78, 5) is 25.4. The van der Waals surface area contributed by atoms with Crippen molar-refractivity contribution in [1.29, 1.82) is 0 Å². The zero-order chi connectivity index (χ0) is 26.8. The highest BCUT2D eigenvalue weighted by Gasteiger charge is 2.47. The Labute approximate surface area is 218 Å². The minimum absolute atomic E-state index is 0.109. The maximum Gasteiger partial charge on any atom is 0.251 e. The van der Waals surface area contributed by atoms with Crippen molar-refractivity contribution in [3.05, 3.63) is 75.6 Å². The van der Waals surface area contributed by atoms with Gasteiger partial charge in [-0.05, 0) is 85.0 Å². The van der Waals surface area contributed by atoms with Gasteiger partial charge in [0.15, 0.2) is 5.82 Å². The van der Waals surface area contributed by atoms with Gasteiger partial charge in [-0.25, -0.2) is 0 Å². The maximum atomic E-state index is 12.7. The highest BCUT2D eigenvalue weighted by Crippen LogP contribution is 2.48. The second-order valence-corrected chi connectivity index (χ2v) is 10.8. The van der Waals surface area contributed by atoms with Crippen molar-refractivity contribution in [2.75, 3.05) is 13.1 Å². The standard InChI is InChI=1S/C28H37N7O2/c1-6-30-24(36)19-10-12-21-17(14-19)8-9-18-15-20(25(37)31-7-2)11-13-22(18)28(21,26-32-34-35-33-26)16-23(29)27(3,4)5/h10-15,23H,6-9,16,29H2,1-5H3,(H,30,36)(H,31,37)(H,32,33,34,35)/t23-/m1/s1. The third kappa shape index (κ3) is 5.00. The van der Waals surface area contributed by atoms with Gasteiger partial charge in [-0.15, -0.1) is 10.2 Å². The Kier molecular flexibility index (Phi) is 7.45. The van der Waals surface area contributed by atoms with Crippen LogP contribution in [0.25, 0.3) is 0 Å². The number of H-pyrrole nitrogens is 1. The van der Waals surface area contributed by atoms with Gasteiger partial charge in [0.1, 0.15) is 0 Å². The molecule has 1 aliphatic rings. The van der Waals surface area contributed by atoms with Crippen molar-refractivity contribution in [1.82, 2.24) is 31.3 Å². The smallest absolute Gasteiger partial charge is 0.251 e. The highest BCUT2D eigenvalue weighted by molar-refractivity contribution is 5.95. The van der Waals surface area contributed by atoms with Crippen LogP contribution in [-0.2, 0) is 18.3 Å². The van der Waals surface area contributed by atoms with E-state index < -0.39 is 5.41 Å². The number of hydrogen-bond donors (Lipinski definition) is 4. The van der Waals surface area contributed by atoms with E-state index in [-0.39, 0.29) is 23.3 Å². The van der Waals surface area contributed by atoms with E-state index >= 15 is 0 Å². The predicted molar refractivity (Wildman–Crippen MR) is 142 cm³/mol. The molecule has 0 bridgehead atoms. The minimum Gasteiger partial charge on any atom is -0.352 e. The second kappa shape index (κ2) is 10.4. The van der Waals surface area contributed by atoms with E-state index in [1.165, 1.54) is 0 Å². The number of carbonyl (C=O) groups is 2. The summed E-state index contributed by atoms with van der Waals surface area (Å²) >= 11 is 0. The number of aryl methyl sites for hydroxylation is 2. The molecule has 0 saturated heterocycles. The first-order valence-corrected chi connectivity index (χ1v) is 12.9. The number of aromatic amines is 1. The van der Waals surface area contributed by atoms with Crippen LogP contribution in [0.2, 0.25) is 0 Å². The first-order chi connectivity index (χ1) is 17.6. The van der Waals surface area contributed by atoms with Gasteiger partial charge in [0.2, 0.25) is 0 Å². The Bertz CT molecular complexity index is 1210. The summed E-state index contributed by atoms with van der Waals surface area (Å²) in [7, 11) is 0. The fraction of sp³-hybridized carbons (Fsp3) is 0.464. The van der Waals surface area contributed by atoms with Crippen LogP contribution < -0.4 is 16.4 Å². The first kappa shape index (κ1) is 26.5. The number of fused-ring (bicyclic) bond motifs is 2. The van der Waals surface area contributed by atoms with E-state index in [9.17, 15) is 9.59 Å². The molecule has 0 radical (unpaired) electrons. The number of rotatable bonds is 7. The van der Waals surface area contributed by atoms with Crippen LogP contribution in [-0.4, -0.2) is 51.6 Å². The summed E-state index contributed by atoms with van der Waals surface area (Å²) in [5.74, 6) is 0.303. The van der Waals surface area contributed by atoms with Crippen molar-refractivity contribution in [2.24, 2.45) is 11.1 Å². The zero-order valence-corrected chi connectivity index (χ0v) is 22.3. The van der Waals surface area contributed by atoms with Gasteiger partial charge < -0.3 is 16.4 Å². The number of benzene rings is 2. The Morgan fingerprint density at radius 1 is 0.973 bits per heavy atom. The average Bonchev–Trinajstić information content (AvgIpc) is 3.37. The molecular formula is C28H37N7O2. The molecule has 5 N–H and O–H groups in total. The normalized spacial score (nSPS) is 15.2. The largest absolute Gasteiger partial charge is 0.352 e. The molecule has 0 spiro atoms. The number of aromatic nitrogens is 4. The molecule has 0 fully saturated rings. The average molecular weight is 504 g/mol. The lowest BCUT2D eigenvalue weighted by atomic mass is 9.65. The van der Waals surface area contributed by atoms with Crippen LogP contribution in [0.15, 0.2) is 36.4 Å². The number of carbonyl (C=O) groups excluding carboxylic acids is 2. The zero-order valence-electron chi connectivity index (χ0n) is 22.3. The molecule has 196 valence electrons. The van der Waals surface area contributed by atoms with Gasteiger partial charge in [-0.3, -0.25) is 9.59 Å². The number of amides is 2. The summed E-state index contributed by atoms with van der Waals surface area (Å²) < 4.78 is 0. The van der Waals surface area contributed by atoms with Crippen LogP contribution in [0, 0.1) is 5.41 Å². The van der Waals surface area contributed by atoms with Crippen LogP contribution in [0.3, 0.4) is 0 Å². The van der Waals surface area contributed by atoms with Crippen molar-refractivity contribution in [2.45, 2.75) is 65.3 Å². The monoisotopic (exact) mass is 503 g/mol. The number of nitrogens with two attached hydrogens (primary N) is 1. The van der Waals surface area contributed by atoms with Crippen molar-refractivity contribution in [3.63, 3.8) is 0 Å². The number of hydrogen-bond acceptors (Lipinski definition) is 6. The molecule has 1 aromatic heterocycles. The van der Waals surface area contributed by atoms with E-state index in [1.54, 1.807) is 0 Å². The SMILES string of the molecule is CCNC(=O)c1ccc2c(c1)CCc1cc(C(=O)NCC)ccc1C2(C[C@@H](N)C(C)(C)C)c1nn[nH]n1. The highest BCUT2D eigenvalue weighted by atomic mass is 16.2. The van der Waals surface area contributed by atoms with Gasteiger partial charge in [-0.1, -0.05) is 38.1 Å². The van der Waals surface area contributed by atoms with Crippen LogP contribution >= 0.6 is 0 Å². The van der Waals surface area contributed by atoms with Gasteiger partial charge in [0.05, 0.1) is 5.41 Å². The number of nitrogens with one attached hydrogen (secondary N) is 3. The summed E-state index contributed by atoms with van der Waals surface area (Å²) in [5, 5.41) is 21.3. The van der Waals surface area contributed by atoms with Gasteiger partial charge >= 0.3 is 0 Å². The molecule has 1 aliphatic carbocycles. The summed E-state index contributed by atoms with van der Waals surface area (Å²) in [6, 6.07) is 11.5. The Balaban J connectivity index is 2.00. The fourth-order valence-electron chi connectivity index (χ4n) is 5.19. The lowest BCUT2D eigenvalue weighted by Crippen LogP contribution is -2.44. The molecular weight excluding hydrogens is 466 g/mol. The Morgan fingerprint density at radius 3 is 1.89 bits per heavy atom. The van der Waals surface area contributed by atoms with Crippen LogP contribution in [0.1, 0.15) is 89.8 Å². The van der Waals surface area contributed by atoms with Crippen molar-refractivity contribution < 1.29 is 9.59 Å². The van der Waals surface area contributed by atoms with E-state index in [0.717, 1.165) is 22.3 Å². The molecule has 37 heavy (non-hydrogen) atoms. The molecule has 3 aromatic rings. The lowest BCUT2D eigenvalue weighted by Gasteiger charge is -2.39. The first-order valence-electron chi connectivity index (χ1n) is 12.9. The molecule has 9 heteroatoms. The summed E-state index contributed by atoms with van der Waals surface area (Å²) in [6.07, 6.45) is 1.91. The molecule has 0 saturated carbocycles. The van der Waals surface area contributed by atoms with E-state index in [1.807, 2.05) is 50.2 Å². The second-order valence-electron chi connectivity index (χ2n) is 10.8. The molecule has 2 aromatic carbocycles. The van der Waals surface area contributed by atoms with E-state index in [4.69, 9.17) is 5.73 Å². The van der Waals surface area contributed by atoms with E-state index in [0.29, 0.717) is 49.3 Å². The van der Waals surface area contributed by atoms with Crippen molar-refractivity contribution in [3.8, 4) is 0 Å². The molecule has 1 heterocycles. The van der Waals surface area contributed by atoms with Crippen LogP contribution in [0.4, 0.5) is 0 Å². The summed E-state index contributed by atoms with van der Waals surface area (Å²) in [5.41, 5.74) is 11.1. The lowest BCUT2D eigenvalue weighted by molar-refractivity contribution is 0.0947. The van der Waals surface area contributed by atoms with E-state index in [2.05, 4.69) is 52.0 Å². The van der Waals surface area contributed by atoms with Crippen molar-refractivity contribution >= 4 is 11.8 Å². The third-order valence-electron chi connectivity index (χ3n) is 7.36. The van der Waals surface area contributed by atoms with Gasteiger partial charge in [0.25, 0.3) is 11.8 Å². The molecule has 0 unspecified atom stereocenters. The third-order valence-corrected chi connectivity index (χ3v) is 7.36. The molecule has 9 nitrogen and oxygen atoms in total. The van der Waals surface area contributed by atoms with Gasteiger partial charge in [0, 0.05) is 30.3 Å². The number of tetrazole rings is 1. The fourth-order valence-corrected chi connectivity index (χ4v) is 5.19. The Hall–Kier alpha value is -3.59.